The lowest BCUT2D eigenvalue weighted by Gasteiger charge is -2.24. The topological polar surface area (TPSA) is 46.3 Å². The quantitative estimate of drug-likeness (QED) is 0.830. The summed E-state index contributed by atoms with van der Waals surface area (Å²) >= 11 is 0. The molecule has 1 heterocycles. The predicted molar refractivity (Wildman–Crippen MR) is 70.8 cm³/mol. The molecule has 0 saturated heterocycles. The molecule has 19 heavy (non-hydrogen) atoms. The van der Waals surface area contributed by atoms with Crippen molar-refractivity contribution in [1.29, 1.82) is 0 Å². The van der Waals surface area contributed by atoms with Crippen LogP contribution in [-0.2, 0) is 6.42 Å². The molecule has 98 valence electrons. The number of carbonyl (C=O) groups excluding carboxylic acids is 1. The third-order valence-corrected chi connectivity index (χ3v) is 3.74. The first-order valence-electron chi connectivity index (χ1n) is 6.45. The summed E-state index contributed by atoms with van der Waals surface area (Å²) in [7, 11) is 1.83. The third-order valence-electron chi connectivity index (χ3n) is 3.74. The zero-order valence-corrected chi connectivity index (χ0v) is 11.1. The van der Waals surface area contributed by atoms with E-state index in [1.807, 2.05) is 19.2 Å². The summed E-state index contributed by atoms with van der Waals surface area (Å²) in [5.74, 6) is 0.571. The molecule has 0 bridgehead atoms. The van der Waals surface area contributed by atoms with Gasteiger partial charge in [-0.2, -0.15) is 0 Å². The average molecular weight is 256 g/mol. The van der Waals surface area contributed by atoms with E-state index < -0.39 is 0 Å². The number of hydrogen-bond donors (Lipinski definition) is 0. The summed E-state index contributed by atoms with van der Waals surface area (Å²) in [6, 6.07) is 10.1. The van der Waals surface area contributed by atoms with E-state index in [0.717, 1.165) is 12.8 Å². The average Bonchev–Trinajstić information content (AvgIpc) is 3.03. The van der Waals surface area contributed by atoms with Gasteiger partial charge in [0.05, 0.1) is 6.04 Å². The highest BCUT2D eigenvalue weighted by atomic mass is 16.5. The Balaban J connectivity index is 1.86. The number of benzene rings is 1. The van der Waals surface area contributed by atoms with Crippen LogP contribution in [0, 0.1) is 6.92 Å². The van der Waals surface area contributed by atoms with Crippen LogP contribution in [0.2, 0.25) is 0 Å². The standard InChI is InChI=1S/C15H16N2O2/c1-10-9-13(16-19-10)15(18)17(2)14-8-7-11-5-3-4-6-12(11)14/h3-6,9,14H,7-8H2,1-2H3. The molecule has 1 amide bonds. The SMILES string of the molecule is Cc1cc(C(=O)N(C)C2CCc3ccccc32)no1. The second-order valence-corrected chi connectivity index (χ2v) is 4.99. The molecule has 3 rings (SSSR count). The van der Waals surface area contributed by atoms with Gasteiger partial charge in [-0.25, -0.2) is 0 Å². The summed E-state index contributed by atoms with van der Waals surface area (Å²) < 4.78 is 4.97. The summed E-state index contributed by atoms with van der Waals surface area (Å²) in [5.41, 5.74) is 2.96. The van der Waals surface area contributed by atoms with Crippen molar-refractivity contribution in [2.24, 2.45) is 0 Å². The van der Waals surface area contributed by atoms with Crippen molar-refractivity contribution in [2.75, 3.05) is 7.05 Å². The molecule has 0 radical (unpaired) electrons. The lowest BCUT2D eigenvalue weighted by atomic mass is 10.1. The molecule has 1 aliphatic carbocycles. The second-order valence-electron chi connectivity index (χ2n) is 4.99. The number of carbonyl (C=O) groups is 1. The Kier molecular flexibility index (Phi) is 2.85. The predicted octanol–water partition coefficient (Wildman–Crippen LogP) is 2.74. The maximum atomic E-state index is 12.4. The Hall–Kier alpha value is -2.10. The monoisotopic (exact) mass is 256 g/mol. The van der Waals surface area contributed by atoms with Gasteiger partial charge >= 0.3 is 0 Å². The maximum absolute atomic E-state index is 12.4. The van der Waals surface area contributed by atoms with Crippen LogP contribution in [0.5, 0.6) is 0 Å². The van der Waals surface area contributed by atoms with Crippen LogP contribution in [0.1, 0.15) is 39.8 Å². The first kappa shape index (κ1) is 12.0. The van der Waals surface area contributed by atoms with E-state index in [4.69, 9.17) is 4.52 Å². The summed E-state index contributed by atoms with van der Waals surface area (Å²) in [4.78, 5) is 14.1. The minimum atomic E-state index is -0.0847. The van der Waals surface area contributed by atoms with Crippen LogP contribution in [0.3, 0.4) is 0 Å². The smallest absolute Gasteiger partial charge is 0.276 e. The molecule has 4 heteroatoms. The van der Waals surface area contributed by atoms with E-state index in [-0.39, 0.29) is 11.9 Å². The Bertz CT molecular complexity index is 618. The van der Waals surface area contributed by atoms with Crippen molar-refractivity contribution >= 4 is 5.91 Å². The molecule has 0 saturated carbocycles. The van der Waals surface area contributed by atoms with Crippen molar-refractivity contribution in [1.82, 2.24) is 10.1 Å². The Labute approximate surface area is 112 Å². The minimum Gasteiger partial charge on any atom is -0.361 e. The van der Waals surface area contributed by atoms with E-state index in [2.05, 4.69) is 17.3 Å². The van der Waals surface area contributed by atoms with Gasteiger partial charge in [0, 0.05) is 13.1 Å². The van der Waals surface area contributed by atoms with Gasteiger partial charge in [-0.05, 0) is 30.9 Å². The lowest BCUT2D eigenvalue weighted by molar-refractivity contribution is 0.0720. The van der Waals surface area contributed by atoms with Crippen LogP contribution in [0.25, 0.3) is 0 Å². The molecule has 1 aromatic heterocycles. The van der Waals surface area contributed by atoms with Gasteiger partial charge in [0.25, 0.3) is 5.91 Å². The fourth-order valence-corrected chi connectivity index (χ4v) is 2.73. The number of aryl methyl sites for hydroxylation is 2. The van der Waals surface area contributed by atoms with E-state index in [9.17, 15) is 4.79 Å². The maximum Gasteiger partial charge on any atom is 0.276 e. The summed E-state index contributed by atoms with van der Waals surface area (Å²) in [6.07, 6.45) is 1.99. The molecule has 0 N–H and O–H groups in total. The highest BCUT2D eigenvalue weighted by Crippen LogP contribution is 2.35. The lowest BCUT2D eigenvalue weighted by Crippen LogP contribution is -2.30. The van der Waals surface area contributed by atoms with Gasteiger partial charge < -0.3 is 9.42 Å². The Morgan fingerprint density at radius 1 is 1.42 bits per heavy atom. The molecule has 4 nitrogen and oxygen atoms in total. The molecule has 0 spiro atoms. The fraction of sp³-hybridized carbons (Fsp3) is 0.333. The van der Waals surface area contributed by atoms with Crippen molar-refractivity contribution in [3.05, 3.63) is 52.9 Å². The molecular weight excluding hydrogens is 240 g/mol. The molecule has 0 aliphatic heterocycles. The number of amides is 1. The summed E-state index contributed by atoms with van der Waals surface area (Å²) in [5, 5.41) is 3.80. The largest absolute Gasteiger partial charge is 0.361 e. The van der Waals surface area contributed by atoms with E-state index in [0.29, 0.717) is 11.5 Å². The summed E-state index contributed by atoms with van der Waals surface area (Å²) in [6.45, 7) is 1.79. The molecule has 1 aliphatic rings. The van der Waals surface area contributed by atoms with Crippen LogP contribution in [-0.4, -0.2) is 23.0 Å². The zero-order chi connectivity index (χ0) is 13.4. The van der Waals surface area contributed by atoms with Crippen molar-refractivity contribution in [2.45, 2.75) is 25.8 Å². The first-order chi connectivity index (χ1) is 9.16. The van der Waals surface area contributed by atoms with Gasteiger partial charge in [-0.1, -0.05) is 29.4 Å². The highest BCUT2D eigenvalue weighted by Gasteiger charge is 2.29. The molecule has 1 atom stereocenters. The number of nitrogens with zero attached hydrogens (tertiary/aromatic N) is 2. The minimum absolute atomic E-state index is 0.0847. The van der Waals surface area contributed by atoms with Crippen LogP contribution in [0.4, 0.5) is 0 Å². The molecular formula is C15H16N2O2. The second kappa shape index (κ2) is 4.53. The van der Waals surface area contributed by atoms with Gasteiger partial charge in [0.1, 0.15) is 5.76 Å². The van der Waals surface area contributed by atoms with Crippen molar-refractivity contribution in [3.63, 3.8) is 0 Å². The molecule has 1 aromatic carbocycles. The van der Waals surface area contributed by atoms with Gasteiger partial charge in [0.15, 0.2) is 5.69 Å². The Morgan fingerprint density at radius 3 is 2.95 bits per heavy atom. The van der Waals surface area contributed by atoms with Gasteiger partial charge in [-0.15, -0.1) is 0 Å². The van der Waals surface area contributed by atoms with Crippen molar-refractivity contribution < 1.29 is 9.32 Å². The number of hydrogen-bond acceptors (Lipinski definition) is 3. The van der Waals surface area contributed by atoms with Crippen LogP contribution in [0.15, 0.2) is 34.9 Å². The molecule has 0 fully saturated rings. The normalized spacial score (nSPS) is 17.3. The first-order valence-corrected chi connectivity index (χ1v) is 6.45. The molecule has 1 unspecified atom stereocenters. The van der Waals surface area contributed by atoms with Crippen LogP contribution < -0.4 is 0 Å². The zero-order valence-electron chi connectivity index (χ0n) is 11.1. The van der Waals surface area contributed by atoms with Crippen molar-refractivity contribution in [3.8, 4) is 0 Å². The van der Waals surface area contributed by atoms with E-state index >= 15 is 0 Å². The van der Waals surface area contributed by atoms with Gasteiger partial charge in [0.2, 0.25) is 0 Å². The Morgan fingerprint density at radius 2 is 2.21 bits per heavy atom. The number of fused-ring (bicyclic) bond motifs is 1. The third kappa shape index (κ3) is 2.03. The highest BCUT2D eigenvalue weighted by molar-refractivity contribution is 5.92. The number of rotatable bonds is 2. The van der Waals surface area contributed by atoms with E-state index in [1.165, 1.54) is 11.1 Å². The van der Waals surface area contributed by atoms with E-state index in [1.54, 1.807) is 17.9 Å². The number of aromatic nitrogens is 1. The van der Waals surface area contributed by atoms with Gasteiger partial charge in [-0.3, -0.25) is 4.79 Å². The van der Waals surface area contributed by atoms with Crippen LogP contribution >= 0.6 is 0 Å². The molecule has 2 aromatic rings. The fourth-order valence-electron chi connectivity index (χ4n) is 2.73.